The van der Waals surface area contributed by atoms with Crippen molar-refractivity contribution in [1.29, 1.82) is 0 Å². The van der Waals surface area contributed by atoms with Gasteiger partial charge in [0.25, 0.3) is 5.91 Å². The number of carbonyl (C=O) groups is 1. The molecule has 1 aliphatic carbocycles. The van der Waals surface area contributed by atoms with Gasteiger partial charge in [0, 0.05) is 17.3 Å². The van der Waals surface area contributed by atoms with Crippen molar-refractivity contribution in [2.24, 2.45) is 0 Å². The lowest BCUT2D eigenvalue weighted by atomic mass is 9.87. The van der Waals surface area contributed by atoms with Gasteiger partial charge in [-0.1, -0.05) is 65.4 Å². The Morgan fingerprint density at radius 1 is 1.09 bits per heavy atom. The second-order valence-corrected chi connectivity index (χ2v) is 9.56. The molecule has 0 saturated heterocycles. The second-order valence-electron chi connectivity index (χ2n) is 8.55. The summed E-state index contributed by atoms with van der Waals surface area (Å²) in [4.78, 5) is 18.8. The predicted molar refractivity (Wildman–Crippen MR) is 130 cm³/mol. The molecule has 32 heavy (non-hydrogen) atoms. The van der Waals surface area contributed by atoms with Gasteiger partial charge in [0.1, 0.15) is 0 Å². The molecule has 6 rings (SSSR count). The SMILES string of the molecule is Cc1ccc(-c2cn3c(n2)sc2cc(C(=O)N[C@@H]4CCCc5ccccc54)ccc23)cc1. The molecule has 5 heteroatoms. The Morgan fingerprint density at radius 3 is 2.81 bits per heavy atom. The average molecular weight is 438 g/mol. The monoisotopic (exact) mass is 437 g/mol. The molecule has 0 unspecified atom stereocenters. The van der Waals surface area contributed by atoms with Gasteiger partial charge in [0.2, 0.25) is 0 Å². The highest BCUT2D eigenvalue weighted by atomic mass is 32.1. The Balaban J connectivity index is 1.29. The molecule has 1 aliphatic rings. The van der Waals surface area contributed by atoms with Crippen LogP contribution in [0.5, 0.6) is 0 Å². The highest BCUT2D eigenvalue weighted by Crippen LogP contribution is 2.32. The van der Waals surface area contributed by atoms with Crippen LogP contribution in [0.2, 0.25) is 0 Å². The number of aryl methyl sites for hydroxylation is 2. The van der Waals surface area contributed by atoms with E-state index in [2.05, 4.69) is 71.4 Å². The van der Waals surface area contributed by atoms with Gasteiger partial charge in [-0.15, -0.1) is 0 Å². The van der Waals surface area contributed by atoms with Crippen molar-refractivity contribution < 1.29 is 4.79 Å². The first-order valence-electron chi connectivity index (χ1n) is 11.0. The second kappa shape index (κ2) is 7.61. The first-order chi connectivity index (χ1) is 15.7. The van der Waals surface area contributed by atoms with Crippen molar-refractivity contribution in [3.63, 3.8) is 0 Å². The van der Waals surface area contributed by atoms with E-state index >= 15 is 0 Å². The molecule has 0 spiro atoms. The Bertz CT molecular complexity index is 1460. The topological polar surface area (TPSA) is 46.4 Å². The van der Waals surface area contributed by atoms with Gasteiger partial charge in [-0.05, 0) is 55.5 Å². The van der Waals surface area contributed by atoms with Gasteiger partial charge >= 0.3 is 0 Å². The smallest absolute Gasteiger partial charge is 0.251 e. The van der Waals surface area contributed by atoms with Crippen LogP contribution in [0.25, 0.3) is 26.4 Å². The van der Waals surface area contributed by atoms with Crippen molar-refractivity contribution in [1.82, 2.24) is 14.7 Å². The summed E-state index contributed by atoms with van der Waals surface area (Å²) in [6.07, 6.45) is 5.26. The molecule has 1 atom stereocenters. The zero-order valence-electron chi connectivity index (χ0n) is 17.8. The van der Waals surface area contributed by atoms with Crippen molar-refractivity contribution in [2.75, 3.05) is 0 Å². The van der Waals surface area contributed by atoms with Crippen LogP contribution in [-0.4, -0.2) is 15.3 Å². The number of benzene rings is 3. The van der Waals surface area contributed by atoms with Crippen molar-refractivity contribution in [3.8, 4) is 11.3 Å². The van der Waals surface area contributed by atoms with E-state index < -0.39 is 0 Å². The zero-order valence-corrected chi connectivity index (χ0v) is 18.7. The van der Waals surface area contributed by atoms with E-state index in [1.165, 1.54) is 16.7 Å². The number of fused-ring (bicyclic) bond motifs is 4. The summed E-state index contributed by atoms with van der Waals surface area (Å²) in [6, 6.07) is 22.9. The van der Waals surface area contributed by atoms with Gasteiger partial charge in [0.15, 0.2) is 4.96 Å². The summed E-state index contributed by atoms with van der Waals surface area (Å²) < 4.78 is 3.19. The fraction of sp³-hybridized carbons (Fsp3) is 0.185. The molecule has 0 bridgehead atoms. The molecule has 5 aromatic rings. The molecule has 158 valence electrons. The predicted octanol–water partition coefficient (Wildman–Crippen LogP) is 6.33. The van der Waals surface area contributed by atoms with E-state index in [0.29, 0.717) is 5.56 Å². The number of thiazole rings is 1. The molecule has 1 amide bonds. The minimum atomic E-state index is -0.0139. The number of nitrogens with zero attached hydrogens (tertiary/aromatic N) is 2. The van der Waals surface area contributed by atoms with Gasteiger partial charge in [0.05, 0.1) is 22.0 Å². The number of aromatic nitrogens is 2. The number of imidazole rings is 1. The maximum Gasteiger partial charge on any atom is 0.251 e. The number of rotatable bonds is 3. The van der Waals surface area contributed by atoms with Crippen LogP contribution in [0.3, 0.4) is 0 Å². The van der Waals surface area contributed by atoms with Crippen LogP contribution in [0.4, 0.5) is 0 Å². The number of carbonyl (C=O) groups excluding carboxylic acids is 1. The van der Waals surface area contributed by atoms with E-state index in [9.17, 15) is 4.79 Å². The van der Waals surface area contributed by atoms with Crippen LogP contribution >= 0.6 is 11.3 Å². The fourth-order valence-electron chi connectivity index (χ4n) is 4.65. The number of hydrogen-bond acceptors (Lipinski definition) is 3. The minimum Gasteiger partial charge on any atom is -0.345 e. The minimum absolute atomic E-state index is 0.0139. The summed E-state index contributed by atoms with van der Waals surface area (Å²) in [6.45, 7) is 2.09. The van der Waals surface area contributed by atoms with Crippen molar-refractivity contribution in [3.05, 3.63) is 95.2 Å². The third kappa shape index (κ3) is 3.30. The molecular weight excluding hydrogens is 414 g/mol. The van der Waals surface area contributed by atoms with Gasteiger partial charge in [-0.3, -0.25) is 9.20 Å². The number of hydrogen-bond donors (Lipinski definition) is 1. The maximum atomic E-state index is 13.1. The summed E-state index contributed by atoms with van der Waals surface area (Å²) in [7, 11) is 0. The molecule has 2 heterocycles. The fourth-order valence-corrected chi connectivity index (χ4v) is 5.70. The first-order valence-corrected chi connectivity index (χ1v) is 11.8. The average Bonchev–Trinajstić information content (AvgIpc) is 3.37. The summed E-state index contributed by atoms with van der Waals surface area (Å²) >= 11 is 1.62. The normalized spacial score (nSPS) is 15.7. The van der Waals surface area contributed by atoms with Crippen LogP contribution in [0, 0.1) is 6.92 Å². The lowest BCUT2D eigenvalue weighted by Crippen LogP contribution is -2.30. The summed E-state index contributed by atoms with van der Waals surface area (Å²) in [5, 5.41) is 3.26. The van der Waals surface area contributed by atoms with Crippen LogP contribution in [0.15, 0.2) is 72.9 Å². The van der Waals surface area contributed by atoms with Gasteiger partial charge < -0.3 is 5.32 Å². The third-order valence-corrected chi connectivity index (χ3v) is 7.40. The highest BCUT2D eigenvalue weighted by molar-refractivity contribution is 7.23. The number of nitrogens with one attached hydrogen (secondary N) is 1. The van der Waals surface area contributed by atoms with Crippen LogP contribution < -0.4 is 5.32 Å². The Kier molecular flexibility index (Phi) is 4.58. The van der Waals surface area contributed by atoms with Crippen LogP contribution in [0.1, 0.15) is 45.9 Å². The summed E-state index contributed by atoms with van der Waals surface area (Å²) in [5.41, 5.74) is 7.70. The molecule has 0 radical (unpaired) electrons. The van der Waals surface area contributed by atoms with Gasteiger partial charge in [-0.25, -0.2) is 4.98 Å². The molecule has 3 aromatic carbocycles. The molecular formula is C27H23N3OS. The first kappa shape index (κ1) is 19.3. The lowest BCUT2D eigenvalue weighted by Gasteiger charge is -2.26. The molecule has 0 aliphatic heterocycles. The molecule has 0 fully saturated rings. The lowest BCUT2D eigenvalue weighted by molar-refractivity contribution is 0.0933. The summed E-state index contributed by atoms with van der Waals surface area (Å²) in [5.74, 6) is -0.0139. The number of amides is 1. The van der Waals surface area contributed by atoms with Crippen molar-refractivity contribution >= 4 is 32.4 Å². The van der Waals surface area contributed by atoms with E-state index in [-0.39, 0.29) is 11.9 Å². The maximum absolute atomic E-state index is 13.1. The molecule has 4 nitrogen and oxygen atoms in total. The Hall–Kier alpha value is -3.44. The zero-order chi connectivity index (χ0) is 21.7. The van der Waals surface area contributed by atoms with E-state index in [1.54, 1.807) is 11.3 Å². The molecule has 2 aromatic heterocycles. The standard InChI is InChI=1S/C27H23N3OS/c1-17-9-11-19(12-10-17)23-16-30-24-14-13-20(15-25(24)32-27(30)29-23)26(31)28-22-8-4-6-18-5-2-3-7-21(18)22/h2-3,5,7,9-16,22H,4,6,8H2,1H3,(H,28,31)/t22-/m1/s1. The van der Waals surface area contributed by atoms with Crippen LogP contribution in [-0.2, 0) is 6.42 Å². The van der Waals surface area contributed by atoms with E-state index in [0.717, 1.165) is 45.7 Å². The van der Waals surface area contributed by atoms with Crippen molar-refractivity contribution in [2.45, 2.75) is 32.2 Å². The van der Waals surface area contributed by atoms with Gasteiger partial charge in [-0.2, -0.15) is 0 Å². The third-order valence-electron chi connectivity index (χ3n) is 6.38. The Morgan fingerprint density at radius 2 is 1.94 bits per heavy atom. The Labute approximate surface area is 190 Å². The molecule has 1 N–H and O–H groups in total. The van der Waals surface area contributed by atoms with E-state index in [4.69, 9.17) is 4.98 Å². The quantitative estimate of drug-likeness (QED) is 0.358. The largest absolute Gasteiger partial charge is 0.345 e. The van der Waals surface area contributed by atoms with E-state index in [1.807, 2.05) is 18.2 Å². The highest BCUT2D eigenvalue weighted by Gasteiger charge is 2.22. The molecule has 0 saturated carbocycles.